The molecule has 0 aliphatic carbocycles. The van der Waals surface area contributed by atoms with Crippen molar-refractivity contribution < 1.29 is 0 Å². The molecular weight excluding hydrogens is 242 g/mol. The quantitative estimate of drug-likeness (QED) is 0.832. The van der Waals surface area contributed by atoms with Crippen LogP contribution < -0.4 is 5.32 Å². The van der Waals surface area contributed by atoms with Crippen molar-refractivity contribution in [1.82, 2.24) is 5.32 Å². The van der Waals surface area contributed by atoms with Crippen molar-refractivity contribution >= 4 is 11.6 Å². The Morgan fingerprint density at radius 1 is 1.22 bits per heavy atom. The number of nitrogens with one attached hydrogen (secondary N) is 1. The van der Waals surface area contributed by atoms with E-state index in [-0.39, 0.29) is 5.54 Å². The van der Waals surface area contributed by atoms with Gasteiger partial charge in [-0.15, -0.1) is 0 Å². The summed E-state index contributed by atoms with van der Waals surface area (Å²) >= 11 is 6.44. The van der Waals surface area contributed by atoms with E-state index >= 15 is 0 Å². The predicted molar refractivity (Wildman–Crippen MR) is 79.1 cm³/mol. The van der Waals surface area contributed by atoms with Gasteiger partial charge in [-0.2, -0.15) is 0 Å². The topological polar surface area (TPSA) is 12.0 Å². The Hall–Kier alpha value is -0.530. The van der Waals surface area contributed by atoms with Crippen LogP contribution in [0.15, 0.2) is 24.3 Å². The van der Waals surface area contributed by atoms with Gasteiger partial charge in [0.1, 0.15) is 0 Å². The van der Waals surface area contributed by atoms with Gasteiger partial charge >= 0.3 is 0 Å². The first kappa shape index (κ1) is 13.9. The fourth-order valence-corrected chi connectivity index (χ4v) is 3.52. The summed E-state index contributed by atoms with van der Waals surface area (Å²) in [4.78, 5) is 0. The third-order valence-electron chi connectivity index (χ3n) is 3.89. The van der Waals surface area contributed by atoms with Crippen LogP contribution in [0.1, 0.15) is 51.5 Å². The smallest absolute Gasteiger partial charge is 0.0456 e. The van der Waals surface area contributed by atoms with E-state index in [1.807, 2.05) is 12.1 Å². The van der Waals surface area contributed by atoms with Crippen molar-refractivity contribution in [1.29, 1.82) is 0 Å². The van der Waals surface area contributed by atoms with Gasteiger partial charge in [-0.05, 0) is 43.4 Å². The number of rotatable bonds is 3. The Labute approximate surface area is 116 Å². The molecule has 2 rings (SSSR count). The molecule has 2 heteroatoms. The first-order valence-electron chi connectivity index (χ1n) is 7.14. The lowest BCUT2D eigenvalue weighted by atomic mass is 9.79. The van der Waals surface area contributed by atoms with Gasteiger partial charge in [0, 0.05) is 10.6 Å². The fourth-order valence-electron chi connectivity index (χ4n) is 3.20. The molecule has 1 saturated heterocycles. The molecule has 1 atom stereocenters. The Kier molecular flexibility index (Phi) is 4.69. The molecule has 1 fully saturated rings. The number of halogens is 1. The average Bonchev–Trinajstić information content (AvgIpc) is 2.55. The van der Waals surface area contributed by atoms with Crippen molar-refractivity contribution in [2.24, 2.45) is 5.92 Å². The molecule has 1 aliphatic rings. The molecule has 18 heavy (non-hydrogen) atoms. The summed E-state index contributed by atoms with van der Waals surface area (Å²) in [7, 11) is 0. The molecule has 1 N–H and O–H groups in total. The Morgan fingerprint density at radius 3 is 2.72 bits per heavy atom. The van der Waals surface area contributed by atoms with E-state index in [0.717, 1.165) is 18.0 Å². The Balaban J connectivity index is 2.37. The molecule has 0 bridgehead atoms. The molecule has 1 unspecified atom stereocenters. The maximum absolute atomic E-state index is 6.44. The van der Waals surface area contributed by atoms with Crippen LogP contribution in [-0.4, -0.2) is 6.54 Å². The van der Waals surface area contributed by atoms with Gasteiger partial charge in [-0.1, -0.05) is 56.5 Å². The zero-order chi connectivity index (χ0) is 13.0. The summed E-state index contributed by atoms with van der Waals surface area (Å²) < 4.78 is 0. The maximum Gasteiger partial charge on any atom is 0.0456 e. The van der Waals surface area contributed by atoms with Gasteiger partial charge in [0.15, 0.2) is 0 Å². The van der Waals surface area contributed by atoms with E-state index in [1.54, 1.807) is 0 Å². The van der Waals surface area contributed by atoms with Gasteiger partial charge in [-0.3, -0.25) is 0 Å². The molecule has 1 aromatic rings. The molecule has 1 nitrogen and oxygen atoms in total. The second kappa shape index (κ2) is 6.08. The standard InChI is InChI=1S/C16H24ClN/c1-13(2)12-16(10-6-3-7-11-18-16)14-8-4-5-9-15(14)17/h4-5,8-9,13,18H,3,6-7,10-12H2,1-2H3. The highest BCUT2D eigenvalue weighted by Gasteiger charge is 2.34. The van der Waals surface area contributed by atoms with Crippen LogP contribution in [0, 0.1) is 5.92 Å². The van der Waals surface area contributed by atoms with Crippen molar-refractivity contribution in [2.75, 3.05) is 6.54 Å². The van der Waals surface area contributed by atoms with E-state index < -0.39 is 0 Å². The number of hydrogen-bond donors (Lipinski definition) is 1. The van der Waals surface area contributed by atoms with Gasteiger partial charge in [-0.25, -0.2) is 0 Å². The van der Waals surface area contributed by atoms with Crippen molar-refractivity contribution in [2.45, 2.75) is 51.5 Å². The zero-order valence-electron chi connectivity index (χ0n) is 11.5. The SMILES string of the molecule is CC(C)CC1(c2ccccc2Cl)CCCCCN1. The lowest BCUT2D eigenvalue weighted by Gasteiger charge is -2.37. The van der Waals surface area contributed by atoms with E-state index in [0.29, 0.717) is 5.92 Å². The molecule has 1 aliphatic heterocycles. The normalized spacial score (nSPS) is 25.1. The Bertz CT molecular complexity index is 378. The van der Waals surface area contributed by atoms with E-state index in [9.17, 15) is 0 Å². The highest BCUT2D eigenvalue weighted by molar-refractivity contribution is 6.31. The van der Waals surface area contributed by atoms with Gasteiger partial charge in [0.25, 0.3) is 0 Å². The molecular formula is C16H24ClN. The van der Waals surface area contributed by atoms with Crippen LogP contribution in [-0.2, 0) is 5.54 Å². The minimum atomic E-state index is 0.0863. The first-order chi connectivity index (χ1) is 8.64. The van der Waals surface area contributed by atoms with E-state index in [4.69, 9.17) is 11.6 Å². The average molecular weight is 266 g/mol. The molecule has 0 spiro atoms. The summed E-state index contributed by atoms with van der Waals surface area (Å²) in [5.74, 6) is 0.673. The molecule has 100 valence electrons. The zero-order valence-corrected chi connectivity index (χ0v) is 12.3. The second-order valence-corrected chi connectivity index (χ2v) is 6.30. The molecule has 0 aromatic heterocycles. The summed E-state index contributed by atoms with van der Waals surface area (Å²) in [6, 6.07) is 8.34. The largest absolute Gasteiger partial charge is 0.307 e. The predicted octanol–water partition coefficient (Wildman–Crippen LogP) is 4.75. The second-order valence-electron chi connectivity index (χ2n) is 5.90. The summed E-state index contributed by atoms with van der Waals surface area (Å²) in [5, 5.41) is 4.71. The Morgan fingerprint density at radius 2 is 2.00 bits per heavy atom. The lowest BCUT2D eigenvalue weighted by Crippen LogP contribution is -2.43. The van der Waals surface area contributed by atoms with Gasteiger partial charge in [0.05, 0.1) is 0 Å². The minimum absolute atomic E-state index is 0.0863. The number of hydrogen-bond acceptors (Lipinski definition) is 1. The minimum Gasteiger partial charge on any atom is -0.307 e. The third-order valence-corrected chi connectivity index (χ3v) is 4.22. The summed E-state index contributed by atoms with van der Waals surface area (Å²) in [6.45, 7) is 5.70. The van der Waals surface area contributed by atoms with Crippen LogP contribution in [0.5, 0.6) is 0 Å². The molecule has 0 radical (unpaired) electrons. The molecule has 1 heterocycles. The van der Waals surface area contributed by atoms with Crippen LogP contribution in [0.25, 0.3) is 0 Å². The van der Waals surface area contributed by atoms with Crippen molar-refractivity contribution in [3.8, 4) is 0 Å². The monoisotopic (exact) mass is 265 g/mol. The van der Waals surface area contributed by atoms with Gasteiger partial charge in [0.2, 0.25) is 0 Å². The van der Waals surface area contributed by atoms with Crippen LogP contribution in [0.2, 0.25) is 5.02 Å². The van der Waals surface area contributed by atoms with Crippen molar-refractivity contribution in [3.05, 3.63) is 34.9 Å². The van der Waals surface area contributed by atoms with Gasteiger partial charge < -0.3 is 5.32 Å². The third kappa shape index (κ3) is 3.07. The summed E-state index contributed by atoms with van der Waals surface area (Å²) in [5.41, 5.74) is 1.38. The van der Waals surface area contributed by atoms with Crippen molar-refractivity contribution in [3.63, 3.8) is 0 Å². The van der Waals surface area contributed by atoms with E-state index in [1.165, 1.54) is 31.2 Å². The van der Waals surface area contributed by atoms with Crippen LogP contribution in [0.3, 0.4) is 0 Å². The van der Waals surface area contributed by atoms with Crippen LogP contribution >= 0.6 is 11.6 Å². The first-order valence-corrected chi connectivity index (χ1v) is 7.52. The molecule has 0 saturated carbocycles. The van der Waals surface area contributed by atoms with Crippen LogP contribution in [0.4, 0.5) is 0 Å². The lowest BCUT2D eigenvalue weighted by molar-refractivity contribution is 0.263. The number of benzene rings is 1. The molecule has 0 amide bonds. The van der Waals surface area contributed by atoms with E-state index in [2.05, 4.69) is 31.3 Å². The summed E-state index contributed by atoms with van der Waals surface area (Å²) in [6.07, 6.45) is 6.28. The maximum atomic E-state index is 6.44. The fraction of sp³-hybridized carbons (Fsp3) is 0.625. The highest BCUT2D eigenvalue weighted by atomic mass is 35.5. The highest BCUT2D eigenvalue weighted by Crippen LogP contribution is 2.38. The molecule has 1 aromatic carbocycles.